The van der Waals surface area contributed by atoms with Gasteiger partial charge in [-0.05, 0) is 52.7 Å². The molecule has 1 unspecified atom stereocenters. The summed E-state index contributed by atoms with van der Waals surface area (Å²) in [5, 5.41) is 9.35. The zero-order chi connectivity index (χ0) is 21.3. The lowest BCUT2D eigenvalue weighted by atomic mass is 10.2. The lowest BCUT2D eigenvalue weighted by Gasteiger charge is -2.20. The predicted octanol–water partition coefficient (Wildman–Crippen LogP) is 2.27. The number of amides is 1. The molecule has 0 spiro atoms. The maximum absolute atomic E-state index is 13.9. The molecular formula is C20H33FN6O2. The molecule has 8 nitrogen and oxygen atoms in total. The van der Waals surface area contributed by atoms with Crippen molar-refractivity contribution in [2.24, 2.45) is 4.99 Å². The number of hydrogen-bond acceptors (Lipinski definition) is 5. The van der Waals surface area contributed by atoms with Gasteiger partial charge in [-0.2, -0.15) is 0 Å². The second kappa shape index (κ2) is 10.8. The second-order valence-electron chi connectivity index (χ2n) is 7.93. The Kier molecular flexibility index (Phi) is 8.48. The molecule has 1 aromatic rings. The van der Waals surface area contributed by atoms with E-state index < -0.39 is 11.7 Å². The van der Waals surface area contributed by atoms with E-state index in [4.69, 9.17) is 4.74 Å². The molecule has 162 valence electrons. The van der Waals surface area contributed by atoms with Gasteiger partial charge < -0.3 is 25.6 Å². The van der Waals surface area contributed by atoms with Crippen LogP contribution in [0, 0.1) is 5.82 Å². The van der Waals surface area contributed by atoms with Crippen LogP contribution >= 0.6 is 0 Å². The third-order valence-electron chi connectivity index (χ3n) is 4.18. The minimum absolute atomic E-state index is 0.161. The number of carbonyl (C=O) groups excluding carboxylic acids is 1. The number of rotatable bonds is 7. The summed E-state index contributed by atoms with van der Waals surface area (Å²) in [7, 11) is 0. The molecule has 0 radical (unpaired) electrons. The highest BCUT2D eigenvalue weighted by Gasteiger charge is 2.25. The molecule has 1 saturated heterocycles. The highest BCUT2D eigenvalue weighted by atomic mass is 19.1. The fourth-order valence-corrected chi connectivity index (χ4v) is 2.97. The van der Waals surface area contributed by atoms with Crippen LogP contribution in [0.1, 0.15) is 40.5 Å². The van der Waals surface area contributed by atoms with Crippen LogP contribution in [0.25, 0.3) is 0 Å². The lowest BCUT2D eigenvalue weighted by Crippen LogP contribution is -2.44. The molecular weight excluding hydrogens is 375 g/mol. The van der Waals surface area contributed by atoms with Crippen LogP contribution < -0.4 is 20.9 Å². The van der Waals surface area contributed by atoms with Crippen LogP contribution in [0.3, 0.4) is 0 Å². The molecule has 0 aromatic carbocycles. The number of anilines is 1. The van der Waals surface area contributed by atoms with E-state index in [0.29, 0.717) is 31.9 Å². The van der Waals surface area contributed by atoms with Gasteiger partial charge in [0.25, 0.3) is 0 Å². The van der Waals surface area contributed by atoms with Gasteiger partial charge in [-0.1, -0.05) is 0 Å². The number of nitrogens with one attached hydrogen (secondary N) is 3. The lowest BCUT2D eigenvalue weighted by molar-refractivity contribution is 0.0527. The van der Waals surface area contributed by atoms with Crippen molar-refractivity contribution in [2.45, 2.75) is 52.2 Å². The number of ether oxygens (including phenoxy) is 1. The highest BCUT2D eigenvalue weighted by molar-refractivity contribution is 5.80. The number of guanidine groups is 1. The average molecular weight is 409 g/mol. The first-order valence-electron chi connectivity index (χ1n) is 10.2. The molecule has 1 aliphatic rings. The normalized spacial score (nSPS) is 17.2. The van der Waals surface area contributed by atoms with Crippen LogP contribution in [-0.2, 0) is 4.74 Å². The number of pyridine rings is 1. The van der Waals surface area contributed by atoms with Gasteiger partial charge in [-0.3, -0.25) is 4.99 Å². The van der Waals surface area contributed by atoms with Gasteiger partial charge in [-0.15, -0.1) is 0 Å². The minimum atomic E-state index is -0.502. The standard InChI is InChI=1S/C20H33FN6O2/c1-5-22-18(24-11-7-12-25-19(28)29-20(2,3)4)26-15-9-13-27(14-15)17-16(21)8-6-10-23-17/h6,8,10,15H,5,7,9,11-14H2,1-4H3,(H,25,28)(H2,22,24,26). The van der Waals surface area contributed by atoms with Gasteiger partial charge in [0.05, 0.1) is 0 Å². The Bertz CT molecular complexity index is 692. The molecule has 0 bridgehead atoms. The molecule has 1 fully saturated rings. The Morgan fingerprint density at radius 2 is 2.21 bits per heavy atom. The predicted molar refractivity (Wildman–Crippen MR) is 113 cm³/mol. The van der Waals surface area contributed by atoms with E-state index in [0.717, 1.165) is 25.5 Å². The third-order valence-corrected chi connectivity index (χ3v) is 4.18. The quantitative estimate of drug-likeness (QED) is 0.364. The maximum atomic E-state index is 13.9. The maximum Gasteiger partial charge on any atom is 0.407 e. The number of aliphatic imine (C=N–C) groups is 1. The number of aromatic nitrogens is 1. The zero-order valence-corrected chi connectivity index (χ0v) is 17.8. The van der Waals surface area contributed by atoms with Crippen molar-refractivity contribution in [3.8, 4) is 0 Å². The number of carbonyl (C=O) groups is 1. The molecule has 1 aromatic heterocycles. The van der Waals surface area contributed by atoms with E-state index in [1.807, 2.05) is 32.6 Å². The Labute approximate surface area is 172 Å². The van der Waals surface area contributed by atoms with Gasteiger partial charge in [0.15, 0.2) is 17.6 Å². The van der Waals surface area contributed by atoms with Crippen LogP contribution in [-0.4, -0.2) is 61.4 Å². The van der Waals surface area contributed by atoms with E-state index in [9.17, 15) is 9.18 Å². The van der Waals surface area contributed by atoms with Crippen LogP contribution in [0.5, 0.6) is 0 Å². The molecule has 29 heavy (non-hydrogen) atoms. The largest absolute Gasteiger partial charge is 0.444 e. The topological polar surface area (TPSA) is 90.9 Å². The van der Waals surface area contributed by atoms with E-state index in [2.05, 4.69) is 25.9 Å². The molecule has 1 aliphatic heterocycles. The summed E-state index contributed by atoms with van der Waals surface area (Å²) in [4.78, 5) is 22.3. The van der Waals surface area contributed by atoms with Crippen molar-refractivity contribution in [3.05, 3.63) is 24.1 Å². The van der Waals surface area contributed by atoms with E-state index in [-0.39, 0.29) is 11.9 Å². The molecule has 2 heterocycles. The molecule has 3 N–H and O–H groups in total. The summed E-state index contributed by atoms with van der Waals surface area (Å²) >= 11 is 0. The Hall–Kier alpha value is -2.58. The number of halogens is 1. The zero-order valence-electron chi connectivity index (χ0n) is 17.8. The van der Waals surface area contributed by atoms with Crippen LogP contribution in [0.15, 0.2) is 23.3 Å². The first kappa shape index (κ1) is 22.7. The van der Waals surface area contributed by atoms with Gasteiger partial charge in [0.1, 0.15) is 5.60 Å². The molecule has 2 rings (SSSR count). The fraction of sp³-hybridized carbons (Fsp3) is 0.650. The smallest absolute Gasteiger partial charge is 0.407 e. The minimum Gasteiger partial charge on any atom is -0.444 e. The second-order valence-corrected chi connectivity index (χ2v) is 7.93. The SMILES string of the molecule is CCNC(=NCCCNC(=O)OC(C)(C)C)NC1CCN(c2ncccc2F)C1. The van der Waals surface area contributed by atoms with Crippen molar-refractivity contribution >= 4 is 17.9 Å². The summed E-state index contributed by atoms with van der Waals surface area (Å²) in [5.41, 5.74) is -0.502. The van der Waals surface area contributed by atoms with Gasteiger partial charge >= 0.3 is 6.09 Å². The Morgan fingerprint density at radius 3 is 2.90 bits per heavy atom. The van der Waals surface area contributed by atoms with Crippen LogP contribution in [0.2, 0.25) is 0 Å². The molecule has 0 saturated carbocycles. The van der Waals surface area contributed by atoms with Crippen molar-refractivity contribution in [2.75, 3.05) is 37.6 Å². The molecule has 0 aliphatic carbocycles. The van der Waals surface area contributed by atoms with Gasteiger partial charge in [0, 0.05) is 45.0 Å². The number of hydrogen-bond donors (Lipinski definition) is 3. The summed E-state index contributed by atoms with van der Waals surface area (Å²) in [6.07, 6.45) is 2.77. The van der Waals surface area contributed by atoms with Crippen LogP contribution in [0.4, 0.5) is 15.0 Å². The van der Waals surface area contributed by atoms with Crippen molar-refractivity contribution in [1.82, 2.24) is 20.9 Å². The Balaban J connectivity index is 1.76. The van der Waals surface area contributed by atoms with E-state index in [1.54, 1.807) is 12.3 Å². The Morgan fingerprint density at radius 1 is 1.41 bits per heavy atom. The first-order chi connectivity index (χ1) is 13.8. The van der Waals surface area contributed by atoms with Gasteiger partial charge in [0.2, 0.25) is 0 Å². The summed E-state index contributed by atoms with van der Waals surface area (Å²) < 4.78 is 19.1. The molecule has 1 atom stereocenters. The first-order valence-corrected chi connectivity index (χ1v) is 10.2. The number of alkyl carbamates (subject to hydrolysis) is 1. The van der Waals surface area contributed by atoms with E-state index >= 15 is 0 Å². The van der Waals surface area contributed by atoms with Crippen molar-refractivity contribution < 1.29 is 13.9 Å². The summed E-state index contributed by atoms with van der Waals surface area (Å²) in [5.74, 6) is 0.816. The highest BCUT2D eigenvalue weighted by Crippen LogP contribution is 2.20. The monoisotopic (exact) mass is 408 g/mol. The number of nitrogens with zero attached hydrogens (tertiary/aromatic N) is 3. The molecule has 9 heteroatoms. The average Bonchev–Trinajstić information content (AvgIpc) is 3.08. The summed E-state index contributed by atoms with van der Waals surface area (Å²) in [6.45, 7) is 10.7. The van der Waals surface area contributed by atoms with Crippen molar-refractivity contribution in [1.29, 1.82) is 0 Å². The third kappa shape index (κ3) is 8.13. The van der Waals surface area contributed by atoms with Crippen molar-refractivity contribution in [3.63, 3.8) is 0 Å². The van der Waals surface area contributed by atoms with E-state index in [1.165, 1.54) is 6.07 Å². The van der Waals surface area contributed by atoms with Gasteiger partial charge in [-0.25, -0.2) is 14.2 Å². The summed E-state index contributed by atoms with van der Waals surface area (Å²) in [6, 6.07) is 3.19. The molecule has 1 amide bonds. The fourth-order valence-electron chi connectivity index (χ4n) is 2.97.